The van der Waals surface area contributed by atoms with Crippen LogP contribution in [0.2, 0.25) is 0 Å². The van der Waals surface area contributed by atoms with E-state index in [1.54, 1.807) is 18.2 Å². The number of rotatable bonds is 7. The summed E-state index contributed by atoms with van der Waals surface area (Å²) in [6.07, 6.45) is -0.638. The second-order valence-electron chi connectivity index (χ2n) is 11.5. The SMILES string of the molecule is N#Cc1cccc(C#N)c1-c1c(-c2cccc([C@H]3CC[C@H](C(=O)O)CC3)c2)n(S(=O)(=O)c2ccc(C(F)F)cc2)c2ccc(F)cc12. The minimum atomic E-state index is -4.56. The summed E-state index contributed by atoms with van der Waals surface area (Å²) in [5.74, 6) is -1.97. The molecule has 1 aromatic heterocycles. The zero-order valence-corrected chi connectivity index (χ0v) is 25.5. The molecule has 1 aliphatic rings. The maximum absolute atomic E-state index is 15.0. The molecule has 0 unspecified atom stereocenters. The number of halogens is 3. The summed E-state index contributed by atoms with van der Waals surface area (Å²) in [6, 6.07) is 23.5. The Bertz CT molecular complexity index is 2190. The molecule has 11 heteroatoms. The van der Waals surface area contributed by atoms with Crippen LogP contribution in [0.5, 0.6) is 0 Å². The van der Waals surface area contributed by atoms with Crippen LogP contribution in [0.25, 0.3) is 33.3 Å². The molecule has 0 amide bonds. The lowest BCUT2D eigenvalue weighted by Crippen LogP contribution is -2.20. The lowest BCUT2D eigenvalue weighted by atomic mass is 9.78. The number of aliphatic carboxylic acids is 1. The standard InChI is InChI=1S/C36H26F3N3O4S/c37-28-13-16-31-30(18-28)33(32-26(19-40)5-2-6-27(32)20-41)34(42(31)47(45,46)29-14-11-22(12-15-29)35(38)39)25-4-1-3-24(17-25)21-7-9-23(10-8-21)36(43)44/h1-6,11-18,21,23,35H,7-10H2,(H,43,44)/t21-,23-. The van der Waals surface area contributed by atoms with E-state index in [2.05, 4.69) is 12.1 Å². The van der Waals surface area contributed by atoms with Gasteiger partial charge < -0.3 is 5.11 Å². The van der Waals surface area contributed by atoms with Gasteiger partial charge in [0.2, 0.25) is 0 Å². The van der Waals surface area contributed by atoms with E-state index in [1.807, 2.05) is 6.07 Å². The molecule has 0 radical (unpaired) electrons. The Hall–Kier alpha value is -5.39. The van der Waals surface area contributed by atoms with Gasteiger partial charge in [-0.3, -0.25) is 4.79 Å². The van der Waals surface area contributed by atoms with Gasteiger partial charge in [-0.25, -0.2) is 25.6 Å². The molecule has 1 heterocycles. The van der Waals surface area contributed by atoms with Crippen LogP contribution in [0.3, 0.4) is 0 Å². The first kappa shape index (κ1) is 31.6. The number of fused-ring (bicyclic) bond motifs is 1. The minimum absolute atomic E-state index is 0.0103. The molecule has 1 fully saturated rings. The fourth-order valence-corrected chi connectivity index (χ4v) is 8.06. The van der Waals surface area contributed by atoms with E-state index < -0.39 is 34.2 Å². The summed E-state index contributed by atoms with van der Waals surface area (Å²) in [4.78, 5) is 11.3. The molecular weight excluding hydrogens is 627 g/mol. The van der Waals surface area contributed by atoms with E-state index in [9.17, 15) is 42.0 Å². The van der Waals surface area contributed by atoms with Crippen LogP contribution in [0.4, 0.5) is 13.2 Å². The summed E-state index contributed by atoms with van der Waals surface area (Å²) in [7, 11) is -4.56. The number of nitrogens with zero attached hydrogens (tertiary/aromatic N) is 3. The Balaban J connectivity index is 1.68. The van der Waals surface area contributed by atoms with E-state index in [4.69, 9.17) is 0 Å². The number of hydrogen-bond acceptors (Lipinski definition) is 5. The molecule has 5 aromatic rings. The smallest absolute Gasteiger partial charge is 0.306 e. The normalized spacial score (nSPS) is 16.6. The lowest BCUT2D eigenvalue weighted by molar-refractivity contribution is -0.142. The van der Waals surface area contributed by atoms with Crippen molar-refractivity contribution in [2.45, 2.75) is 42.9 Å². The molecule has 1 aliphatic carbocycles. The predicted molar refractivity (Wildman–Crippen MR) is 169 cm³/mol. The summed E-state index contributed by atoms with van der Waals surface area (Å²) in [6.45, 7) is 0. The van der Waals surface area contributed by atoms with Crippen LogP contribution in [0.1, 0.15) is 60.3 Å². The molecular formula is C36H26F3N3O4S. The average Bonchev–Trinajstić information content (AvgIpc) is 3.42. The maximum atomic E-state index is 15.0. The molecule has 7 nitrogen and oxygen atoms in total. The fourth-order valence-electron chi connectivity index (χ4n) is 6.51. The molecule has 1 saturated carbocycles. The second kappa shape index (κ2) is 12.4. The second-order valence-corrected chi connectivity index (χ2v) is 13.3. The van der Waals surface area contributed by atoms with Crippen LogP contribution < -0.4 is 0 Å². The van der Waals surface area contributed by atoms with Gasteiger partial charge in [0, 0.05) is 27.6 Å². The quantitative estimate of drug-likeness (QED) is 0.188. The third kappa shape index (κ3) is 5.64. The van der Waals surface area contributed by atoms with Crippen LogP contribution in [0.15, 0.2) is 89.8 Å². The number of carboxylic acid groups (broad SMARTS) is 1. The summed E-state index contributed by atoms with van der Waals surface area (Å²) < 4.78 is 71.8. The molecule has 0 saturated heterocycles. The summed E-state index contributed by atoms with van der Waals surface area (Å²) >= 11 is 0. The van der Waals surface area contributed by atoms with Crippen molar-refractivity contribution in [2.75, 3.05) is 0 Å². The minimum Gasteiger partial charge on any atom is -0.481 e. The number of nitriles is 2. The van der Waals surface area contributed by atoms with Crippen molar-refractivity contribution < 1.29 is 31.5 Å². The Labute approximate surface area is 268 Å². The van der Waals surface area contributed by atoms with E-state index in [0.717, 1.165) is 45.9 Å². The molecule has 236 valence electrons. The van der Waals surface area contributed by atoms with Crippen LogP contribution in [-0.4, -0.2) is 23.5 Å². The van der Waals surface area contributed by atoms with Crippen molar-refractivity contribution in [3.8, 4) is 34.5 Å². The first-order valence-corrected chi connectivity index (χ1v) is 16.2. The molecule has 4 aromatic carbocycles. The van der Waals surface area contributed by atoms with Crippen LogP contribution in [-0.2, 0) is 14.8 Å². The van der Waals surface area contributed by atoms with E-state index in [-0.39, 0.29) is 55.2 Å². The first-order chi connectivity index (χ1) is 22.5. The monoisotopic (exact) mass is 653 g/mol. The molecule has 0 spiro atoms. The number of benzene rings is 4. The van der Waals surface area contributed by atoms with Gasteiger partial charge in [0.15, 0.2) is 0 Å². The van der Waals surface area contributed by atoms with E-state index >= 15 is 0 Å². The molecule has 0 bridgehead atoms. The third-order valence-corrected chi connectivity index (χ3v) is 10.5. The fraction of sp³-hybridized carbons (Fsp3) is 0.194. The Morgan fingerprint density at radius 2 is 1.49 bits per heavy atom. The van der Waals surface area contributed by atoms with Gasteiger partial charge >= 0.3 is 5.97 Å². The van der Waals surface area contributed by atoms with Gasteiger partial charge in [-0.1, -0.05) is 36.4 Å². The summed E-state index contributed by atoms with van der Waals surface area (Å²) in [5.41, 5.74) is 1.38. The topological polar surface area (TPSA) is 124 Å². The Morgan fingerprint density at radius 3 is 2.09 bits per heavy atom. The molecule has 0 atom stereocenters. The number of hydrogen-bond donors (Lipinski definition) is 1. The predicted octanol–water partition coefficient (Wildman–Crippen LogP) is 8.39. The molecule has 1 N–H and O–H groups in total. The number of alkyl halides is 2. The first-order valence-electron chi connectivity index (χ1n) is 14.8. The van der Waals surface area contributed by atoms with Crippen LogP contribution in [0, 0.1) is 34.4 Å². The van der Waals surface area contributed by atoms with Crippen molar-refractivity contribution in [3.63, 3.8) is 0 Å². The average molecular weight is 654 g/mol. The summed E-state index contributed by atoms with van der Waals surface area (Å²) in [5, 5.41) is 29.8. The van der Waals surface area contributed by atoms with Crippen LogP contribution >= 0.6 is 0 Å². The van der Waals surface area contributed by atoms with Crippen molar-refractivity contribution in [2.24, 2.45) is 5.92 Å². The van der Waals surface area contributed by atoms with Crippen molar-refractivity contribution in [1.29, 1.82) is 10.5 Å². The van der Waals surface area contributed by atoms with Crippen molar-refractivity contribution in [1.82, 2.24) is 3.97 Å². The third-order valence-electron chi connectivity index (χ3n) is 8.82. The van der Waals surface area contributed by atoms with Gasteiger partial charge in [0.25, 0.3) is 16.4 Å². The van der Waals surface area contributed by atoms with Gasteiger partial charge in [-0.2, -0.15) is 10.5 Å². The highest BCUT2D eigenvalue weighted by molar-refractivity contribution is 7.90. The Kier molecular flexibility index (Phi) is 8.35. The molecule has 47 heavy (non-hydrogen) atoms. The highest BCUT2D eigenvalue weighted by atomic mass is 32.2. The molecule has 6 rings (SSSR count). The lowest BCUT2D eigenvalue weighted by Gasteiger charge is -2.27. The number of carbonyl (C=O) groups is 1. The van der Waals surface area contributed by atoms with Crippen molar-refractivity contribution in [3.05, 3.63) is 113 Å². The number of aromatic nitrogens is 1. The Morgan fingerprint density at radius 1 is 0.851 bits per heavy atom. The van der Waals surface area contributed by atoms with Gasteiger partial charge in [0.1, 0.15) is 5.82 Å². The maximum Gasteiger partial charge on any atom is 0.306 e. The van der Waals surface area contributed by atoms with E-state index in [0.29, 0.717) is 31.2 Å². The zero-order chi connectivity index (χ0) is 33.5. The van der Waals surface area contributed by atoms with Gasteiger partial charge in [-0.15, -0.1) is 0 Å². The van der Waals surface area contributed by atoms with E-state index in [1.165, 1.54) is 24.3 Å². The zero-order valence-electron chi connectivity index (χ0n) is 24.7. The van der Waals surface area contributed by atoms with Gasteiger partial charge in [-0.05, 0) is 85.7 Å². The number of carboxylic acids is 1. The highest BCUT2D eigenvalue weighted by Gasteiger charge is 2.32. The molecule has 0 aliphatic heterocycles. The van der Waals surface area contributed by atoms with Crippen molar-refractivity contribution >= 4 is 26.9 Å². The largest absolute Gasteiger partial charge is 0.481 e. The highest BCUT2D eigenvalue weighted by Crippen LogP contribution is 2.46. The van der Waals surface area contributed by atoms with Gasteiger partial charge in [0.05, 0.1) is 45.3 Å².